The molecule has 7 heteroatoms. The first-order valence-corrected chi connectivity index (χ1v) is 5.37. The zero-order valence-corrected chi connectivity index (χ0v) is 11.0. The monoisotopic (exact) mass is 303 g/mol. The molecule has 0 aliphatic rings. The van der Waals surface area contributed by atoms with Crippen LogP contribution in [0.3, 0.4) is 0 Å². The summed E-state index contributed by atoms with van der Waals surface area (Å²) in [5.41, 5.74) is 0.261. The van der Waals surface area contributed by atoms with Gasteiger partial charge < -0.3 is 9.47 Å². The second-order valence-corrected chi connectivity index (χ2v) is 4.01. The summed E-state index contributed by atoms with van der Waals surface area (Å²) >= 11 is 3.16. The molecule has 0 heterocycles. The third kappa shape index (κ3) is 2.73. The van der Waals surface area contributed by atoms with E-state index in [-0.39, 0.29) is 17.2 Å². The molecule has 0 amide bonds. The van der Waals surface area contributed by atoms with Crippen LogP contribution in [0.2, 0.25) is 0 Å². The highest BCUT2D eigenvalue weighted by molar-refractivity contribution is 9.10. The molecule has 1 aromatic carbocycles. The normalized spacial score (nSPS) is 9.88. The Balaban J connectivity index is 3.46. The summed E-state index contributed by atoms with van der Waals surface area (Å²) < 4.78 is 10.2. The molecule has 0 aliphatic heterocycles. The molecule has 1 aromatic rings. The number of nitro groups is 1. The van der Waals surface area contributed by atoms with Crippen LogP contribution >= 0.6 is 15.9 Å². The molecule has 0 unspecified atom stereocenters. The van der Waals surface area contributed by atoms with Gasteiger partial charge in [-0.2, -0.15) is 0 Å². The molecule has 17 heavy (non-hydrogen) atoms. The van der Waals surface area contributed by atoms with Crippen molar-refractivity contribution in [2.45, 2.75) is 13.8 Å². The van der Waals surface area contributed by atoms with Crippen molar-refractivity contribution in [2.24, 2.45) is 0 Å². The van der Waals surface area contributed by atoms with Gasteiger partial charge in [-0.1, -0.05) is 0 Å². The number of carbonyl (C=O) groups excluding carboxylic acids is 1. The average Bonchev–Trinajstić information content (AvgIpc) is 2.24. The second-order valence-electron chi connectivity index (χ2n) is 3.22. The van der Waals surface area contributed by atoms with Crippen molar-refractivity contribution in [1.82, 2.24) is 0 Å². The third-order valence-corrected chi connectivity index (χ3v) is 3.02. The number of methoxy groups -OCH3 is 1. The van der Waals surface area contributed by atoms with Crippen molar-refractivity contribution in [3.63, 3.8) is 0 Å². The largest absolute Gasteiger partial charge is 0.493 e. The predicted octanol–water partition coefficient (Wildman–Crippen LogP) is 2.60. The lowest BCUT2D eigenvalue weighted by Crippen LogP contribution is -2.05. The molecule has 0 bridgehead atoms. The number of hydrogen-bond donors (Lipinski definition) is 0. The van der Waals surface area contributed by atoms with Gasteiger partial charge in [0.25, 0.3) is 5.69 Å². The molecule has 0 spiro atoms. The van der Waals surface area contributed by atoms with Crippen LogP contribution in [-0.4, -0.2) is 18.0 Å². The molecular formula is C10H10BrNO5. The van der Waals surface area contributed by atoms with Crippen LogP contribution < -0.4 is 9.47 Å². The highest BCUT2D eigenvalue weighted by Gasteiger charge is 2.23. The Morgan fingerprint density at radius 2 is 2.12 bits per heavy atom. The number of ether oxygens (including phenoxy) is 2. The Morgan fingerprint density at radius 1 is 1.53 bits per heavy atom. The van der Waals surface area contributed by atoms with Crippen molar-refractivity contribution in [3.8, 4) is 11.5 Å². The van der Waals surface area contributed by atoms with Gasteiger partial charge in [0, 0.05) is 12.5 Å². The maximum Gasteiger partial charge on any atom is 0.308 e. The van der Waals surface area contributed by atoms with Crippen molar-refractivity contribution in [3.05, 3.63) is 26.2 Å². The lowest BCUT2D eigenvalue weighted by atomic mass is 10.2. The molecule has 92 valence electrons. The van der Waals surface area contributed by atoms with E-state index in [9.17, 15) is 14.9 Å². The van der Waals surface area contributed by atoms with E-state index >= 15 is 0 Å². The van der Waals surface area contributed by atoms with Crippen LogP contribution in [0.1, 0.15) is 12.5 Å². The average molecular weight is 304 g/mol. The summed E-state index contributed by atoms with van der Waals surface area (Å²) in [4.78, 5) is 21.2. The number of carbonyl (C=O) groups is 1. The first kappa shape index (κ1) is 13.4. The van der Waals surface area contributed by atoms with Gasteiger partial charge in [0.2, 0.25) is 0 Å². The fraction of sp³-hybridized carbons (Fsp3) is 0.300. The van der Waals surface area contributed by atoms with Crippen LogP contribution in [-0.2, 0) is 4.79 Å². The first-order valence-electron chi connectivity index (χ1n) is 4.58. The Bertz CT molecular complexity index is 486. The maximum absolute atomic E-state index is 10.9. The van der Waals surface area contributed by atoms with E-state index < -0.39 is 10.9 Å². The van der Waals surface area contributed by atoms with E-state index in [2.05, 4.69) is 15.9 Å². The fourth-order valence-corrected chi connectivity index (χ4v) is 1.75. The molecular weight excluding hydrogens is 294 g/mol. The number of nitrogens with zero attached hydrogens (tertiary/aromatic N) is 1. The van der Waals surface area contributed by atoms with Gasteiger partial charge in [-0.25, -0.2) is 0 Å². The molecule has 0 fully saturated rings. The lowest BCUT2D eigenvalue weighted by molar-refractivity contribution is -0.385. The zero-order chi connectivity index (χ0) is 13.2. The minimum atomic E-state index is -0.530. The molecule has 0 radical (unpaired) electrons. The highest BCUT2D eigenvalue weighted by Crippen LogP contribution is 2.42. The summed E-state index contributed by atoms with van der Waals surface area (Å²) in [6, 6.07) is 1.22. The maximum atomic E-state index is 10.9. The van der Waals surface area contributed by atoms with Crippen LogP contribution in [0, 0.1) is 17.0 Å². The summed E-state index contributed by atoms with van der Waals surface area (Å²) in [7, 11) is 1.34. The first-order chi connectivity index (χ1) is 7.88. The van der Waals surface area contributed by atoms with Crippen LogP contribution in [0.15, 0.2) is 10.5 Å². The van der Waals surface area contributed by atoms with E-state index in [1.165, 1.54) is 20.1 Å². The standard InChI is InChI=1S/C10H10BrNO5/c1-5-7(12(14)15)4-8(16-3)10(9(5)11)17-6(2)13/h4H,1-3H3. The van der Waals surface area contributed by atoms with E-state index in [0.717, 1.165) is 0 Å². The smallest absolute Gasteiger partial charge is 0.308 e. The van der Waals surface area contributed by atoms with E-state index in [1.54, 1.807) is 6.92 Å². The SMILES string of the molecule is COc1cc([N+](=O)[O-])c(C)c(Br)c1OC(C)=O. The number of nitro benzene ring substituents is 1. The topological polar surface area (TPSA) is 78.7 Å². The molecule has 0 saturated carbocycles. The van der Waals surface area contributed by atoms with E-state index in [1.807, 2.05) is 0 Å². The van der Waals surface area contributed by atoms with Gasteiger partial charge in [-0.05, 0) is 22.9 Å². The van der Waals surface area contributed by atoms with Crippen molar-refractivity contribution in [1.29, 1.82) is 0 Å². The van der Waals surface area contributed by atoms with Crippen molar-refractivity contribution in [2.75, 3.05) is 7.11 Å². The molecule has 1 rings (SSSR count). The van der Waals surface area contributed by atoms with Crippen molar-refractivity contribution >= 4 is 27.6 Å². The Kier molecular flexibility index (Phi) is 4.06. The highest BCUT2D eigenvalue weighted by atomic mass is 79.9. The van der Waals surface area contributed by atoms with Crippen molar-refractivity contribution < 1.29 is 19.2 Å². The third-order valence-electron chi connectivity index (χ3n) is 2.07. The summed E-state index contributed by atoms with van der Waals surface area (Å²) in [6.45, 7) is 2.79. The summed E-state index contributed by atoms with van der Waals surface area (Å²) in [6.07, 6.45) is 0. The van der Waals surface area contributed by atoms with Crippen LogP contribution in [0.25, 0.3) is 0 Å². The fourth-order valence-electron chi connectivity index (χ4n) is 1.27. The quantitative estimate of drug-likeness (QED) is 0.371. The Labute approximate surface area is 106 Å². The number of benzene rings is 1. The number of halogens is 1. The lowest BCUT2D eigenvalue weighted by Gasteiger charge is -2.11. The molecule has 0 aromatic heterocycles. The summed E-state index contributed by atoms with van der Waals surface area (Å²) in [5.74, 6) is -0.260. The molecule has 0 N–H and O–H groups in total. The zero-order valence-electron chi connectivity index (χ0n) is 9.44. The predicted molar refractivity (Wildman–Crippen MR) is 63.4 cm³/mol. The van der Waals surface area contributed by atoms with Gasteiger partial charge in [0.1, 0.15) is 0 Å². The molecule has 0 atom stereocenters. The van der Waals surface area contributed by atoms with Gasteiger partial charge >= 0.3 is 5.97 Å². The number of hydrogen-bond acceptors (Lipinski definition) is 5. The van der Waals surface area contributed by atoms with E-state index in [0.29, 0.717) is 10.0 Å². The van der Waals surface area contributed by atoms with Gasteiger partial charge in [-0.3, -0.25) is 14.9 Å². The second kappa shape index (κ2) is 5.13. The molecule has 6 nitrogen and oxygen atoms in total. The summed E-state index contributed by atoms with van der Waals surface area (Å²) in [5, 5.41) is 10.8. The molecule has 0 saturated heterocycles. The van der Waals surface area contributed by atoms with Gasteiger partial charge in [-0.15, -0.1) is 0 Å². The Morgan fingerprint density at radius 3 is 2.53 bits per heavy atom. The van der Waals surface area contributed by atoms with E-state index in [4.69, 9.17) is 9.47 Å². The number of esters is 1. The Hall–Kier alpha value is -1.63. The number of rotatable bonds is 3. The molecule has 0 aliphatic carbocycles. The minimum absolute atomic E-state index is 0.107. The van der Waals surface area contributed by atoms with Crippen LogP contribution in [0.5, 0.6) is 11.5 Å². The van der Waals surface area contributed by atoms with Gasteiger partial charge in [0.15, 0.2) is 11.5 Å². The van der Waals surface area contributed by atoms with Gasteiger partial charge in [0.05, 0.1) is 22.6 Å². The van der Waals surface area contributed by atoms with Crippen LogP contribution in [0.4, 0.5) is 5.69 Å². The minimum Gasteiger partial charge on any atom is -0.493 e.